The van der Waals surface area contributed by atoms with Crippen LogP contribution in [0.15, 0.2) is 73.0 Å². The Morgan fingerprint density at radius 3 is 2.62 bits per heavy atom. The SMILES string of the molecule is C=Cc1ccc2c(c1)nc(-c1ccc(CCC(/C=C\N)=C/C)cc1)n2C. The lowest BCUT2D eigenvalue weighted by molar-refractivity contribution is 0.952. The number of aromatic nitrogens is 2. The molecule has 0 atom stereocenters. The molecule has 1 aromatic heterocycles. The van der Waals surface area contributed by atoms with E-state index < -0.39 is 0 Å². The van der Waals surface area contributed by atoms with Gasteiger partial charge in [-0.1, -0.05) is 54.6 Å². The molecule has 0 aliphatic heterocycles. The van der Waals surface area contributed by atoms with E-state index in [0.717, 1.165) is 40.8 Å². The van der Waals surface area contributed by atoms with Crippen LogP contribution >= 0.6 is 0 Å². The summed E-state index contributed by atoms with van der Waals surface area (Å²) in [5.74, 6) is 0.980. The van der Waals surface area contributed by atoms with Crippen molar-refractivity contribution in [1.82, 2.24) is 9.55 Å². The molecule has 132 valence electrons. The molecule has 3 rings (SSSR count). The maximum atomic E-state index is 5.49. The Labute approximate surface area is 155 Å². The quantitative estimate of drug-likeness (QED) is 0.622. The van der Waals surface area contributed by atoms with E-state index in [1.165, 1.54) is 11.1 Å². The Morgan fingerprint density at radius 1 is 1.19 bits per heavy atom. The third-order valence-electron chi connectivity index (χ3n) is 4.74. The molecule has 0 bridgehead atoms. The molecule has 0 spiro atoms. The summed E-state index contributed by atoms with van der Waals surface area (Å²) < 4.78 is 2.14. The highest BCUT2D eigenvalue weighted by atomic mass is 15.1. The molecule has 3 aromatic rings. The molecule has 1 heterocycles. The van der Waals surface area contributed by atoms with Gasteiger partial charge in [-0.2, -0.15) is 0 Å². The van der Waals surface area contributed by atoms with E-state index in [1.54, 1.807) is 6.20 Å². The molecule has 2 aromatic carbocycles. The number of imidazole rings is 1. The second-order valence-corrected chi connectivity index (χ2v) is 6.37. The van der Waals surface area contributed by atoms with E-state index in [-0.39, 0.29) is 0 Å². The van der Waals surface area contributed by atoms with Crippen LogP contribution in [0.5, 0.6) is 0 Å². The van der Waals surface area contributed by atoms with Crippen molar-refractivity contribution in [2.24, 2.45) is 12.8 Å². The van der Waals surface area contributed by atoms with Crippen LogP contribution in [0.25, 0.3) is 28.5 Å². The molecule has 0 amide bonds. The van der Waals surface area contributed by atoms with E-state index in [9.17, 15) is 0 Å². The summed E-state index contributed by atoms with van der Waals surface area (Å²) in [6.07, 6.45) is 9.50. The minimum absolute atomic E-state index is 0.980. The maximum absolute atomic E-state index is 5.49. The van der Waals surface area contributed by atoms with Crippen LogP contribution in [0.3, 0.4) is 0 Å². The van der Waals surface area contributed by atoms with Crippen molar-refractivity contribution in [3.8, 4) is 11.4 Å². The zero-order valence-corrected chi connectivity index (χ0v) is 15.4. The van der Waals surface area contributed by atoms with Crippen molar-refractivity contribution in [3.05, 3.63) is 84.1 Å². The molecule has 0 saturated carbocycles. The smallest absolute Gasteiger partial charge is 0.140 e. The third-order valence-corrected chi connectivity index (χ3v) is 4.74. The molecule has 3 heteroatoms. The van der Waals surface area contributed by atoms with Crippen LogP contribution in [-0.2, 0) is 13.5 Å². The van der Waals surface area contributed by atoms with Gasteiger partial charge in [-0.05, 0) is 55.3 Å². The Hall–Kier alpha value is -3.07. The van der Waals surface area contributed by atoms with Gasteiger partial charge in [-0.25, -0.2) is 4.98 Å². The normalized spacial score (nSPS) is 12.2. The van der Waals surface area contributed by atoms with E-state index in [1.807, 2.05) is 19.1 Å². The second-order valence-electron chi connectivity index (χ2n) is 6.37. The molecular weight excluding hydrogens is 318 g/mol. The number of aryl methyl sites for hydroxylation is 2. The fraction of sp³-hybridized carbons (Fsp3) is 0.174. The topological polar surface area (TPSA) is 43.8 Å². The van der Waals surface area contributed by atoms with E-state index in [4.69, 9.17) is 10.7 Å². The fourth-order valence-corrected chi connectivity index (χ4v) is 3.16. The summed E-state index contributed by atoms with van der Waals surface area (Å²) in [5.41, 5.74) is 12.4. The Kier molecular flexibility index (Phi) is 5.37. The van der Waals surface area contributed by atoms with Crippen molar-refractivity contribution in [1.29, 1.82) is 0 Å². The summed E-state index contributed by atoms with van der Waals surface area (Å²) in [4.78, 5) is 4.82. The minimum Gasteiger partial charge on any atom is -0.405 e. The summed E-state index contributed by atoms with van der Waals surface area (Å²) in [5, 5.41) is 0. The van der Waals surface area contributed by atoms with E-state index in [2.05, 4.69) is 66.7 Å². The van der Waals surface area contributed by atoms with Gasteiger partial charge in [0.15, 0.2) is 0 Å². The highest BCUT2D eigenvalue weighted by Gasteiger charge is 2.10. The average Bonchev–Trinajstić information content (AvgIpc) is 3.01. The van der Waals surface area contributed by atoms with Crippen molar-refractivity contribution < 1.29 is 0 Å². The summed E-state index contributed by atoms with van der Waals surface area (Å²) in [6, 6.07) is 14.9. The lowest BCUT2D eigenvalue weighted by atomic mass is 10.0. The van der Waals surface area contributed by atoms with Crippen molar-refractivity contribution in [2.45, 2.75) is 19.8 Å². The van der Waals surface area contributed by atoms with Gasteiger partial charge in [-0.3, -0.25) is 0 Å². The summed E-state index contributed by atoms with van der Waals surface area (Å²) in [7, 11) is 2.06. The van der Waals surface area contributed by atoms with Gasteiger partial charge in [-0.15, -0.1) is 0 Å². The molecular formula is C23H25N3. The van der Waals surface area contributed by atoms with Crippen LogP contribution in [0, 0.1) is 0 Å². The molecule has 0 aliphatic carbocycles. The van der Waals surface area contributed by atoms with E-state index in [0.29, 0.717) is 0 Å². The highest BCUT2D eigenvalue weighted by molar-refractivity contribution is 5.82. The molecule has 0 unspecified atom stereocenters. The van der Waals surface area contributed by atoms with Gasteiger partial charge in [0.1, 0.15) is 5.82 Å². The third kappa shape index (κ3) is 3.62. The fourth-order valence-electron chi connectivity index (χ4n) is 3.16. The van der Waals surface area contributed by atoms with Crippen molar-refractivity contribution in [2.75, 3.05) is 0 Å². The number of fused-ring (bicyclic) bond motifs is 1. The number of hydrogen-bond donors (Lipinski definition) is 1. The predicted molar refractivity (Wildman–Crippen MR) is 112 cm³/mol. The second kappa shape index (κ2) is 7.87. The zero-order chi connectivity index (χ0) is 18.5. The standard InChI is InChI=1S/C23H25N3/c1-4-17(14-15-24)6-7-19-8-11-20(12-9-19)23-25-21-16-18(5-2)10-13-22(21)26(23)3/h4-5,8-16H,2,6-7,24H2,1,3H3/b15-14-,17-4-. The van der Waals surface area contributed by atoms with Crippen molar-refractivity contribution >= 4 is 17.1 Å². The number of benzene rings is 2. The molecule has 26 heavy (non-hydrogen) atoms. The number of allylic oxidation sites excluding steroid dienone is 3. The minimum atomic E-state index is 0.980. The van der Waals surface area contributed by atoms with Gasteiger partial charge in [0.05, 0.1) is 11.0 Å². The number of rotatable bonds is 6. The Balaban J connectivity index is 1.83. The largest absolute Gasteiger partial charge is 0.405 e. The first kappa shape index (κ1) is 17.7. The number of nitrogens with two attached hydrogens (primary N) is 1. The lowest BCUT2D eigenvalue weighted by Crippen LogP contribution is -1.93. The first-order chi connectivity index (χ1) is 12.7. The monoisotopic (exact) mass is 343 g/mol. The van der Waals surface area contributed by atoms with Crippen LogP contribution in [0.1, 0.15) is 24.5 Å². The predicted octanol–water partition coefficient (Wildman–Crippen LogP) is 5.23. The molecule has 0 radical (unpaired) electrons. The molecule has 2 N–H and O–H groups in total. The molecule has 3 nitrogen and oxygen atoms in total. The first-order valence-electron chi connectivity index (χ1n) is 8.88. The van der Waals surface area contributed by atoms with Gasteiger partial charge in [0, 0.05) is 12.6 Å². The van der Waals surface area contributed by atoms with Gasteiger partial charge < -0.3 is 10.3 Å². The Bertz CT molecular complexity index is 973. The zero-order valence-electron chi connectivity index (χ0n) is 15.4. The number of nitrogens with zero attached hydrogens (tertiary/aromatic N) is 2. The van der Waals surface area contributed by atoms with E-state index >= 15 is 0 Å². The highest BCUT2D eigenvalue weighted by Crippen LogP contribution is 2.25. The summed E-state index contributed by atoms with van der Waals surface area (Å²) >= 11 is 0. The summed E-state index contributed by atoms with van der Waals surface area (Å²) in [6.45, 7) is 5.88. The molecule has 0 saturated heterocycles. The van der Waals surface area contributed by atoms with Crippen LogP contribution in [0.4, 0.5) is 0 Å². The van der Waals surface area contributed by atoms with Crippen molar-refractivity contribution in [3.63, 3.8) is 0 Å². The lowest BCUT2D eigenvalue weighted by Gasteiger charge is -2.06. The maximum Gasteiger partial charge on any atom is 0.140 e. The number of hydrogen-bond acceptors (Lipinski definition) is 2. The van der Waals surface area contributed by atoms with Crippen LogP contribution in [-0.4, -0.2) is 9.55 Å². The van der Waals surface area contributed by atoms with Gasteiger partial charge in [0.2, 0.25) is 0 Å². The van der Waals surface area contributed by atoms with Crippen LogP contribution < -0.4 is 5.73 Å². The molecule has 0 aliphatic rings. The average molecular weight is 343 g/mol. The van der Waals surface area contributed by atoms with Gasteiger partial charge >= 0.3 is 0 Å². The first-order valence-corrected chi connectivity index (χ1v) is 8.88. The molecule has 0 fully saturated rings. The van der Waals surface area contributed by atoms with Gasteiger partial charge in [0.25, 0.3) is 0 Å². The Morgan fingerprint density at radius 2 is 1.96 bits per heavy atom. The van der Waals surface area contributed by atoms with Crippen LogP contribution in [0.2, 0.25) is 0 Å².